The van der Waals surface area contributed by atoms with E-state index in [0.717, 1.165) is 39.2 Å². The van der Waals surface area contributed by atoms with Crippen molar-refractivity contribution < 1.29 is 9.53 Å². The van der Waals surface area contributed by atoms with Crippen molar-refractivity contribution in [1.82, 2.24) is 0 Å². The van der Waals surface area contributed by atoms with Gasteiger partial charge in [0.05, 0.1) is 28.3 Å². The molecule has 0 aromatic heterocycles. The Balaban J connectivity index is 1.69. The second-order valence-electron chi connectivity index (χ2n) is 11.6. The van der Waals surface area contributed by atoms with E-state index in [4.69, 9.17) is 22.1 Å². The average Bonchev–Trinajstić information content (AvgIpc) is 2.89. The molecular weight excluding hydrogens is 518 g/mol. The Morgan fingerprint density at radius 1 is 1.07 bits per heavy atom. The van der Waals surface area contributed by atoms with Crippen LogP contribution in [0, 0.1) is 37.5 Å². The first-order valence-corrected chi connectivity index (χ1v) is 13.9. The summed E-state index contributed by atoms with van der Waals surface area (Å²) in [5, 5.41) is 11.1. The lowest BCUT2D eigenvalue weighted by molar-refractivity contribution is -0.118. The number of nitrogens with two attached hydrogens (primary N) is 1. The molecule has 0 bridgehead atoms. The Labute approximate surface area is 241 Å². The fourth-order valence-electron chi connectivity index (χ4n) is 6.04. The monoisotopic (exact) mass is 551 g/mol. The normalized spacial score (nSPS) is 18.5. The van der Waals surface area contributed by atoms with Crippen molar-refractivity contribution in [2.45, 2.75) is 60.0 Å². The van der Waals surface area contributed by atoms with Gasteiger partial charge in [0.2, 0.25) is 0 Å². The van der Waals surface area contributed by atoms with Crippen molar-refractivity contribution in [2.24, 2.45) is 11.1 Å². The van der Waals surface area contributed by atoms with Crippen LogP contribution < -0.4 is 15.4 Å². The Bertz CT molecular complexity index is 1630. The molecule has 3 aromatic carbocycles. The highest BCUT2D eigenvalue weighted by Crippen LogP contribution is 2.51. The third-order valence-corrected chi connectivity index (χ3v) is 8.28. The molecule has 204 valence electrons. The number of ketones is 1. The number of allylic oxidation sites excluding steroid dienone is 3. The van der Waals surface area contributed by atoms with Crippen LogP contribution in [0.15, 0.2) is 83.3 Å². The first-order valence-electron chi connectivity index (χ1n) is 13.5. The molecule has 1 heterocycles. The standard InChI is InChI=1S/C34H34ClN3O2/c1-20-14-23(19-40-30-13-9-7-11-26(30)35)22(3)24(15-20)31-25(18-36)33(37)38(27-12-8-6-10-21(27)2)28-16-34(4,5)17-29(39)32(28)31/h6-15,31H,16-17,19,37H2,1-5H3. The Kier molecular flexibility index (Phi) is 7.25. The molecule has 5 nitrogen and oxygen atoms in total. The molecule has 6 heteroatoms. The highest BCUT2D eigenvalue weighted by Gasteiger charge is 2.45. The number of hydrogen-bond acceptors (Lipinski definition) is 5. The summed E-state index contributed by atoms with van der Waals surface area (Å²) in [7, 11) is 0. The van der Waals surface area contributed by atoms with Crippen molar-refractivity contribution in [2.75, 3.05) is 4.90 Å². The molecule has 0 amide bonds. The minimum atomic E-state index is -0.553. The van der Waals surface area contributed by atoms with E-state index in [-0.39, 0.29) is 11.2 Å². The van der Waals surface area contributed by atoms with E-state index >= 15 is 0 Å². The molecule has 0 fully saturated rings. The van der Waals surface area contributed by atoms with Gasteiger partial charge in [-0.25, -0.2) is 0 Å². The predicted octanol–water partition coefficient (Wildman–Crippen LogP) is 7.79. The van der Waals surface area contributed by atoms with Crippen molar-refractivity contribution in [1.29, 1.82) is 5.26 Å². The summed E-state index contributed by atoms with van der Waals surface area (Å²) >= 11 is 6.33. The molecule has 3 aromatic rings. The summed E-state index contributed by atoms with van der Waals surface area (Å²) in [6.45, 7) is 10.6. The summed E-state index contributed by atoms with van der Waals surface area (Å²) < 4.78 is 6.10. The van der Waals surface area contributed by atoms with E-state index in [1.54, 1.807) is 6.07 Å². The zero-order valence-electron chi connectivity index (χ0n) is 23.6. The lowest BCUT2D eigenvalue weighted by Crippen LogP contribution is -2.42. The van der Waals surface area contributed by atoms with Crippen LogP contribution in [-0.4, -0.2) is 5.78 Å². The van der Waals surface area contributed by atoms with Crippen molar-refractivity contribution in [3.05, 3.63) is 116 Å². The maximum Gasteiger partial charge on any atom is 0.162 e. The lowest BCUT2D eigenvalue weighted by Gasteiger charge is -2.44. The Morgan fingerprint density at radius 2 is 1.77 bits per heavy atom. The lowest BCUT2D eigenvalue weighted by atomic mass is 9.67. The van der Waals surface area contributed by atoms with Gasteiger partial charge in [0.15, 0.2) is 5.78 Å². The summed E-state index contributed by atoms with van der Waals surface area (Å²) in [6, 6.07) is 21.9. The second-order valence-corrected chi connectivity index (χ2v) is 12.0. The molecule has 1 atom stereocenters. The third kappa shape index (κ3) is 4.89. The van der Waals surface area contributed by atoms with E-state index in [9.17, 15) is 10.1 Å². The summed E-state index contributed by atoms with van der Waals surface area (Å²) in [4.78, 5) is 15.9. The number of halogens is 1. The number of carbonyl (C=O) groups excluding carboxylic acids is 1. The molecule has 2 aliphatic rings. The molecule has 0 radical (unpaired) electrons. The molecule has 1 unspecified atom stereocenters. The topological polar surface area (TPSA) is 79.3 Å². The zero-order valence-corrected chi connectivity index (χ0v) is 24.4. The van der Waals surface area contributed by atoms with Gasteiger partial charge in [-0.2, -0.15) is 5.26 Å². The van der Waals surface area contributed by atoms with Gasteiger partial charge < -0.3 is 10.5 Å². The van der Waals surface area contributed by atoms with E-state index in [1.807, 2.05) is 68.1 Å². The molecule has 40 heavy (non-hydrogen) atoms. The van der Waals surface area contributed by atoms with Crippen LogP contribution in [0.3, 0.4) is 0 Å². The van der Waals surface area contributed by atoms with Gasteiger partial charge in [-0.3, -0.25) is 9.69 Å². The summed E-state index contributed by atoms with van der Waals surface area (Å²) in [5.41, 5.74) is 14.4. The van der Waals surface area contributed by atoms with Gasteiger partial charge in [-0.15, -0.1) is 0 Å². The van der Waals surface area contributed by atoms with Gasteiger partial charge in [0.25, 0.3) is 0 Å². The first-order chi connectivity index (χ1) is 19.0. The zero-order chi connectivity index (χ0) is 28.8. The maximum absolute atomic E-state index is 14.0. The van der Waals surface area contributed by atoms with Crippen LogP contribution in [-0.2, 0) is 11.4 Å². The number of Topliss-reactive ketones (excluding diaryl/α,β-unsaturated/α-hetero) is 1. The molecule has 0 saturated heterocycles. The molecule has 0 spiro atoms. The fourth-order valence-corrected chi connectivity index (χ4v) is 6.23. The molecular formula is C34H34ClN3O2. The molecule has 0 saturated carbocycles. The molecule has 1 aliphatic heterocycles. The minimum absolute atomic E-state index is 0.0601. The van der Waals surface area contributed by atoms with Crippen LogP contribution in [0.25, 0.3) is 0 Å². The Morgan fingerprint density at radius 3 is 2.48 bits per heavy atom. The number of nitrogens with zero attached hydrogens (tertiary/aromatic N) is 2. The minimum Gasteiger partial charge on any atom is -0.487 e. The van der Waals surface area contributed by atoms with E-state index in [1.165, 1.54) is 0 Å². The van der Waals surface area contributed by atoms with Gasteiger partial charge >= 0.3 is 0 Å². The van der Waals surface area contributed by atoms with Gasteiger partial charge in [-0.05, 0) is 73.1 Å². The number of benzene rings is 3. The van der Waals surface area contributed by atoms with Crippen LogP contribution >= 0.6 is 11.6 Å². The fraction of sp³-hybridized carbons (Fsp3) is 0.294. The van der Waals surface area contributed by atoms with E-state index in [2.05, 4.69) is 32.0 Å². The smallest absolute Gasteiger partial charge is 0.162 e. The Hall–Kier alpha value is -4.01. The number of nitriles is 1. The van der Waals surface area contributed by atoms with Gasteiger partial charge in [0.1, 0.15) is 18.2 Å². The molecule has 5 rings (SSSR count). The van der Waals surface area contributed by atoms with E-state index in [0.29, 0.717) is 47.2 Å². The van der Waals surface area contributed by atoms with Crippen LogP contribution in [0.5, 0.6) is 5.75 Å². The van der Waals surface area contributed by atoms with Crippen LogP contribution in [0.1, 0.15) is 60.4 Å². The van der Waals surface area contributed by atoms with Crippen LogP contribution in [0.2, 0.25) is 5.02 Å². The SMILES string of the molecule is Cc1cc(COc2ccccc2Cl)c(C)c(C2C(C#N)=C(N)N(c3ccccc3C)C3=C2C(=O)CC(C)(C)C3)c1. The average molecular weight is 552 g/mol. The van der Waals surface area contributed by atoms with E-state index < -0.39 is 5.92 Å². The first kappa shape index (κ1) is 27.6. The third-order valence-electron chi connectivity index (χ3n) is 7.97. The number of anilines is 1. The van der Waals surface area contributed by atoms with Crippen molar-refractivity contribution >= 4 is 23.1 Å². The number of para-hydroxylation sites is 2. The molecule has 1 aliphatic carbocycles. The van der Waals surface area contributed by atoms with Crippen molar-refractivity contribution in [3.8, 4) is 11.8 Å². The summed E-state index contributed by atoms with van der Waals surface area (Å²) in [5.74, 6) is 0.489. The van der Waals surface area contributed by atoms with Crippen molar-refractivity contribution in [3.63, 3.8) is 0 Å². The highest BCUT2D eigenvalue weighted by molar-refractivity contribution is 6.32. The number of carbonyl (C=O) groups is 1. The quantitative estimate of drug-likeness (QED) is 0.350. The summed E-state index contributed by atoms with van der Waals surface area (Å²) in [6.07, 6.45) is 1.08. The van der Waals surface area contributed by atoms with Crippen LogP contribution in [0.4, 0.5) is 5.69 Å². The number of rotatable bonds is 5. The maximum atomic E-state index is 14.0. The number of hydrogen-bond donors (Lipinski definition) is 1. The largest absolute Gasteiger partial charge is 0.487 e. The number of aryl methyl sites for hydroxylation is 2. The predicted molar refractivity (Wildman–Crippen MR) is 160 cm³/mol. The highest BCUT2D eigenvalue weighted by atomic mass is 35.5. The molecule has 2 N–H and O–H groups in total. The van der Waals surface area contributed by atoms with Gasteiger partial charge in [-0.1, -0.05) is 73.5 Å². The van der Waals surface area contributed by atoms with Gasteiger partial charge in [0, 0.05) is 17.7 Å². The number of ether oxygens (including phenoxy) is 1. The second kappa shape index (κ2) is 10.5.